The molecule has 0 bridgehead atoms. The van der Waals surface area contributed by atoms with Crippen molar-refractivity contribution in [1.82, 2.24) is 10.6 Å². The number of nitrogens with one attached hydrogen (secondary N) is 2. The molecule has 0 aliphatic rings. The van der Waals surface area contributed by atoms with Gasteiger partial charge in [-0.1, -0.05) is 42.5 Å². The standard InChI is InChI=1S/C19H21FN2O2/c20-17-8-4-7-16(13-17)9-11-21-18(23)10-12-22-19(24)14-15-5-2-1-3-6-15/h1-8,13H,9-12,14H2,(H,21,23)(H,22,24). The first-order valence-corrected chi connectivity index (χ1v) is 7.95. The van der Waals surface area contributed by atoms with Gasteiger partial charge in [0.2, 0.25) is 11.8 Å². The molecule has 0 saturated heterocycles. The average Bonchev–Trinajstić information content (AvgIpc) is 2.56. The predicted molar refractivity (Wildman–Crippen MR) is 90.9 cm³/mol. The fourth-order valence-electron chi connectivity index (χ4n) is 2.29. The Bertz CT molecular complexity index is 674. The number of halogens is 1. The minimum Gasteiger partial charge on any atom is -0.356 e. The molecule has 2 aromatic carbocycles. The van der Waals surface area contributed by atoms with Gasteiger partial charge in [-0.3, -0.25) is 9.59 Å². The number of benzene rings is 2. The quantitative estimate of drug-likeness (QED) is 0.781. The first kappa shape index (κ1) is 17.7. The second-order valence-electron chi connectivity index (χ2n) is 5.49. The van der Waals surface area contributed by atoms with E-state index in [9.17, 15) is 14.0 Å². The lowest BCUT2D eigenvalue weighted by Gasteiger charge is -2.07. The molecule has 2 rings (SSSR count). The number of carbonyl (C=O) groups excluding carboxylic acids is 2. The van der Waals surface area contributed by atoms with Crippen molar-refractivity contribution >= 4 is 11.8 Å². The van der Waals surface area contributed by atoms with Gasteiger partial charge >= 0.3 is 0 Å². The fraction of sp³-hybridized carbons (Fsp3) is 0.263. The SMILES string of the molecule is O=C(CCNC(=O)Cc1ccccc1)NCCc1cccc(F)c1. The zero-order valence-electron chi connectivity index (χ0n) is 13.4. The summed E-state index contributed by atoms with van der Waals surface area (Å²) >= 11 is 0. The second-order valence-corrected chi connectivity index (χ2v) is 5.49. The normalized spacial score (nSPS) is 10.2. The van der Waals surface area contributed by atoms with Gasteiger partial charge in [0.1, 0.15) is 5.82 Å². The summed E-state index contributed by atoms with van der Waals surface area (Å²) in [6.45, 7) is 0.748. The first-order chi connectivity index (χ1) is 11.6. The molecule has 2 N–H and O–H groups in total. The largest absolute Gasteiger partial charge is 0.356 e. The zero-order chi connectivity index (χ0) is 17.2. The molecule has 0 heterocycles. The van der Waals surface area contributed by atoms with Crippen molar-refractivity contribution in [3.05, 3.63) is 71.5 Å². The monoisotopic (exact) mass is 328 g/mol. The number of rotatable bonds is 8. The van der Waals surface area contributed by atoms with Gasteiger partial charge in [-0.25, -0.2) is 4.39 Å². The van der Waals surface area contributed by atoms with Crippen LogP contribution in [0.1, 0.15) is 17.5 Å². The Labute approximate surface area is 141 Å². The van der Waals surface area contributed by atoms with Crippen molar-refractivity contribution in [2.75, 3.05) is 13.1 Å². The summed E-state index contributed by atoms with van der Waals surface area (Å²) in [5.74, 6) is -0.514. The lowest BCUT2D eigenvalue weighted by Crippen LogP contribution is -2.32. The van der Waals surface area contributed by atoms with Crippen LogP contribution in [-0.4, -0.2) is 24.9 Å². The smallest absolute Gasteiger partial charge is 0.224 e. The molecule has 2 aromatic rings. The number of amides is 2. The van der Waals surface area contributed by atoms with E-state index in [0.29, 0.717) is 25.9 Å². The van der Waals surface area contributed by atoms with Crippen LogP contribution in [-0.2, 0) is 22.4 Å². The van der Waals surface area contributed by atoms with Crippen molar-refractivity contribution in [3.8, 4) is 0 Å². The van der Waals surface area contributed by atoms with E-state index < -0.39 is 0 Å². The van der Waals surface area contributed by atoms with Crippen LogP contribution >= 0.6 is 0 Å². The highest BCUT2D eigenvalue weighted by molar-refractivity contribution is 5.80. The highest BCUT2D eigenvalue weighted by atomic mass is 19.1. The summed E-state index contributed by atoms with van der Waals surface area (Å²) in [6, 6.07) is 15.8. The maximum Gasteiger partial charge on any atom is 0.224 e. The molecule has 5 heteroatoms. The van der Waals surface area contributed by atoms with Crippen LogP contribution in [0.4, 0.5) is 4.39 Å². The third kappa shape index (κ3) is 6.60. The highest BCUT2D eigenvalue weighted by Crippen LogP contribution is 2.03. The van der Waals surface area contributed by atoms with Crippen LogP contribution in [0.25, 0.3) is 0 Å². The molecule has 0 aliphatic carbocycles. The first-order valence-electron chi connectivity index (χ1n) is 7.95. The topological polar surface area (TPSA) is 58.2 Å². The van der Waals surface area contributed by atoms with E-state index in [1.807, 2.05) is 36.4 Å². The molecular weight excluding hydrogens is 307 g/mol. The van der Waals surface area contributed by atoms with Gasteiger partial charge in [0.15, 0.2) is 0 Å². The van der Waals surface area contributed by atoms with Gasteiger partial charge in [0.05, 0.1) is 6.42 Å². The molecular formula is C19H21FN2O2. The lowest BCUT2D eigenvalue weighted by molar-refractivity contribution is -0.122. The van der Waals surface area contributed by atoms with E-state index in [0.717, 1.165) is 11.1 Å². The van der Waals surface area contributed by atoms with Crippen LogP contribution in [0.2, 0.25) is 0 Å². The van der Waals surface area contributed by atoms with Crippen LogP contribution in [0, 0.1) is 5.82 Å². The summed E-state index contributed by atoms with van der Waals surface area (Å²) in [5, 5.41) is 5.49. The molecule has 0 unspecified atom stereocenters. The van der Waals surface area contributed by atoms with E-state index >= 15 is 0 Å². The molecule has 2 amide bonds. The van der Waals surface area contributed by atoms with Gasteiger partial charge in [-0.2, -0.15) is 0 Å². The minimum absolute atomic E-state index is 0.103. The van der Waals surface area contributed by atoms with Crippen molar-refractivity contribution in [1.29, 1.82) is 0 Å². The Morgan fingerprint density at radius 1 is 0.833 bits per heavy atom. The van der Waals surface area contributed by atoms with Crippen LogP contribution in [0.3, 0.4) is 0 Å². The predicted octanol–water partition coefficient (Wildman–Crippen LogP) is 2.23. The van der Waals surface area contributed by atoms with Crippen LogP contribution < -0.4 is 10.6 Å². The van der Waals surface area contributed by atoms with Gasteiger partial charge in [0, 0.05) is 19.5 Å². The Morgan fingerprint density at radius 2 is 1.54 bits per heavy atom. The molecule has 0 radical (unpaired) electrons. The summed E-state index contributed by atoms with van der Waals surface area (Å²) < 4.78 is 13.0. The zero-order valence-corrected chi connectivity index (χ0v) is 13.4. The van der Waals surface area contributed by atoms with Crippen molar-refractivity contribution < 1.29 is 14.0 Å². The fourth-order valence-corrected chi connectivity index (χ4v) is 2.29. The average molecular weight is 328 g/mol. The van der Waals surface area contributed by atoms with Crippen molar-refractivity contribution in [3.63, 3.8) is 0 Å². The lowest BCUT2D eigenvalue weighted by atomic mass is 10.1. The Balaban J connectivity index is 1.58. The van der Waals surface area contributed by atoms with E-state index in [4.69, 9.17) is 0 Å². The van der Waals surface area contributed by atoms with E-state index in [-0.39, 0.29) is 24.1 Å². The summed E-state index contributed by atoms with van der Waals surface area (Å²) in [6.07, 6.45) is 1.11. The Hall–Kier alpha value is -2.69. The van der Waals surface area contributed by atoms with E-state index in [1.165, 1.54) is 12.1 Å². The Kier molecular flexibility index (Phi) is 6.95. The molecule has 0 spiro atoms. The van der Waals surface area contributed by atoms with Crippen molar-refractivity contribution in [2.24, 2.45) is 0 Å². The molecule has 0 aromatic heterocycles. The Morgan fingerprint density at radius 3 is 2.29 bits per heavy atom. The second kappa shape index (κ2) is 9.45. The minimum atomic E-state index is -0.278. The van der Waals surface area contributed by atoms with E-state index in [2.05, 4.69) is 10.6 Å². The molecule has 0 fully saturated rings. The molecule has 0 atom stereocenters. The van der Waals surface area contributed by atoms with Crippen LogP contribution in [0.15, 0.2) is 54.6 Å². The van der Waals surface area contributed by atoms with Crippen molar-refractivity contribution in [2.45, 2.75) is 19.3 Å². The molecule has 24 heavy (non-hydrogen) atoms. The summed E-state index contributed by atoms with van der Waals surface area (Å²) in [5.41, 5.74) is 1.78. The number of carbonyl (C=O) groups is 2. The molecule has 4 nitrogen and oxygen atoms in total. The van der Waals surface area contributed by atoms with Gasteiger partial charge in [-0.15, -0.1) is 0 Å². The number of hydrogen-bond donors (Lipinski definition) is 2. The number of hydrogen-bond acceptors (Lipinski definition) is 2. The third-order valence-corrected chi connectivity index (χ3v) is 3.51. The summed E-state index contributed by atoms with van der Waals surface area (Å²) in [7, 11) is 0. The van der Waals surface area contributed by atoms with Gasteiger partial charge in [-0.05, 0) is 29.7 Å². The highest BCUT2D eigenvalue weighted by Gasteiger charge is 2.05. The van der Waals surface area contributed by atoms with Gasteiger partial charge < -0.3 is 10.6 Å². The van der Waals surface area contributed by atoms with Crippen LogP contribution in [0.5, 0.6) is 0 Å². The van der Waals surface area contributed by atoms with E-state index in [1.54, 1.807) is 6.07 Å². The molecule has 0 saturated carbocycles. The maximum absolute atomic E-state index is 13.0. The molecule has 126 valence electrons. The summed E-state index contributed by atoms with van der Waals surface area (Å²) in [4.78, 5) is 23.5. The van der Waals surface area contributed by atoms with Gasteiger partial charge in [0.25, 0.3) is 0 Å². The third-order valence-electron chi connectivity index (χ3n) is 3.51. The molecule has 0 aliphatic heterocycles. The maximum atomic E-state index is 13.0.